The molecule has 0 saturated heterocycles. The van der Waals surface area contributed by atoms with Crippen molar-refractivity contribution in [3.63, 3.8) is 0 Å². The minimum absolute atomic E-state index is 0.0196. The smallest absolute Gasteiger partial charge is 0.373 e. The topological polar surface area (TPSA) is 55.8 Å². The fraction of sp³-hybridized carbons (Fsp3) is 0.588. The molecule has 3 rings (SSSR count). The molecule has 0 aromatic heterocycles. The maximum absolute atomic E-state index is 13.2. The lowest BCUT2D eigenvalue weighted by Gasteiger charge is -2.39. The molecule has 144 valence electrons. The number of amides is 1. The van der Waals surface area contributed by atoms with E-state index in [0.29, 0.717) is 26.3 Å². The maximum atomic E-state index is 13.2. The van der Waals surface area contributed by atoms with E-state index in [4.69, 9.17) is 0 Å². The van der Waals surface area contributed by atoms with Crippen LogP contribution in [0, 0.1) is 5.92 Å². The van der Waals surface area contributed by atoms with E-state index in [2.05, 4.69) is 5.43 Å². The standard InChI is InChI=1S/C17H21F4N3O2/c1-10-8-23(15(25)16(2,26)17(19,20)21)9-11-7-22-24(14(10)11)13-5-3-12(18)4-6-13/h3,5,10,22,26H,4,6-9H2,1-2H3/t10-,16+/m0/s1. The largest absolute Gasteiger partial charge is 0.426 e. The van der Waals surface area contributed by atoms with Crippen LogP contribution in [0.15, 0.2) is 34.9 Å². The number of rotatable bonds is 2. The summed E-state index contributed by atoms with van der Waals surface area (Å²) in [6.07, 6.45) is -1.13. The van der Waals surface area contributed by atoms with Gasteiger partial charge in [0.05, 0.1) is 0 Å². The summed E-state index contributed by atoms with van der Waals surface area (Å²) in [4.78, 5) is 13.3. The minimum Gasteiger partial charge on any atom is -0.373 e. The Hall–Kier alpha value is -1.87. The van der Waals surface area contributed by atoms with Gasteiger partial charge in [0.1, 0.15) is 5.83 Å². The van der Waals surface area contributed by atoms with E-state index in [1.54, 1.807) is 6.08 Å². The first-order valence-electron chi connectivity index (χ1n) is 8.41. The van der Waals surface area contributed by atoms with E-state index in [1.807, 2.05) is 11.9 Å². The van der Waals surface area contributed by atoms with Gasteiger partial charge in [0, 0.05) is 43.4 Å². The van der Waals surface area contributed by atoms with E-state index in [-0.39, 0.29) is 24.8 Å². The van der Waals surface area contributed by atoms with E-state index in [9.17, 15) is 27.5 Å². The van der Waals surface area contributed by atoms with Crippen molar-refractivity contribution in [3.8, 4) is 0 Å². The van der Waals surface area contributed by atoms with Crippen LogP contribution in [0.3, 0.4) is 0 Å². The molecule has 0 spiro atoms. The van der Waals surface area contributed by atoms with Crippen LogP contribution in [-0.2, 0) is 4.79 Å². The minimum atomic E-state index is -5.04. The maximum Gasteiger partial charge on any atom is 0.426 e. The predicted molar refractivity (Wildman–Crippen MR) is 85.8 cm³/mol. The summed E-state index contributed by atoms with van der Waals surface area (Å²) >= 11 is 0. The Labute approximate surface area is 148 Å². The molecule has 0 bridgehead atoms. The van der Waals surface area contributed by atoms with Crippen LogP contribution in [0.4, 0.5) is 17.6 Å². The Morgan fingerprint density at radius 3 is 2.58 bits per heavy atom. The van der Waals surface area contributed by atoms with Crippen molar-refractivity contribution in [2.45, 2.75) is 38.5 Å². The lowest BCUT2D eigenvalue weighted by Crippen LogP contribution is -2.58. The van der Waals surface area contributed by atoms with Gasteiger partial charge in [0.15, 0.2) is 0 Å². The molecule has 2 N–H and O–H groups in total. The molecule has 26 heavy (non-hydrogen) atoms. The second-order valence-electron chi connectivity index (χ2n) is 7.09. The van der Waals surface area contributed by atoms with Crippen molar-refractivity contribution in [1.82, 2.24) is 15.3 Å². The molecular formula is C17H21F4N3O2. The number of halogens is 4. The van der Waals surface area contributed by atoms with Crippen molar-refractivity contribution < 1.29 is 27.5 Å². The van der Waals surface area contributed by atoms with Gasteiger partial charge in [-0.25, -0.2) is 9.82 Å². The molecule has 0 radical (unpaired) electrons. The summed E-state index contributed by atoms with van der Waals surface area (Å²) in [5, 5.41) is 11.5. The molecule has 5 nitrogen and oxygen atoms in total. The number of carbonyl (C=O) groups excluding carboxylic acids is 1. The highest BCUT2D eigenvalue weighted by molar-refractivity contribution is 5.86. The molecule has 0 fully saturated rings. The summed E-state index contributed by atoms with van der Waals surface area (Å²) in [6, 6.07) is 0. The van der Waals surface area contributed by atoms with Crippen molar-refractivity contribution >= 4 is 5.91 Å². The second kappa shape index (κ2) is 6.38. The first-order chi connectivity index (χ1) is 12.0. The molecule has 1 aliphatic carbocycles. The molecule has 2 heterocycles. The van der Waals surface area contributed by atoms with Gasteiger partial charge < -0.3 is 10.0 Å². The van der Waals surface area contributed by atoms with Gasteiger partial charge in [-0.1, -0.05) is 6.92 Å². The normalized spacial score (nSPS) is 26.3. The molecule has 0 aromatic carbocycles. The third-order valence-corrected chi connectivity index (χ3v) is 5.02. The van der Waals surface area contributed by atoms with Crippen molar-refractivity contribution in [2.75, 3.05) is 19.6 Å². The average Bonchev–Trinajstić information content (AvgIpc) is 2.98. The Morgan fingerprint density at radius 1 is 1.31 bits per heavy atom. The van der Waals surface area contributed by atoms with E-state index in [1.165, 1.54) is 6.08 Å². The van der Waals surface area contributed by atoms with Crippen molar-refractivity contribution in [3.05, 3.63) is 34.9 Å². The molecule has 3 aliphatic rings. The third-order valence-electron chi connectivity index (χ3n) is 5.02. The number of nitrogens with zero attached hydrogens (tertiary/aromatic N) is 2. The van der Waals surface area contributed by atoms with Gasteiger partial charge in [0.2, 0.25) is 5.60 Å². The molecule has 9 heteroatoms. The van der Waals surface area contributed by atoms with Crippen LogP contribution in [-0.4, -0.2) is 52.3 Å². The zero-order chi connectivity index (χ0) is 19.3. The number of aliphatic hydroxyl groups is 1. The number of hydrogen-bond donors (Lipinski definition) is 2. The molecule has 1 amide bonds. The van der Waals surface area contributed by atoms with Gasteiger partial charge in [0.25, 0.3) is 5.91 Å². The fourth-order valence-electron chi connectivity index (χ4n) is 3.55. The average molecular weight is 375 g/mol. The Kier molecular flexibility index (Phi) is 4.64. The number of nitrogens with one attached hydrogen (secondary N) is 1. The van der Waals surface area contributed by atoms with E-state index < -0.39 is 17.7 Å². The molecule has 0 unspecified atom stereocenters. The molecule has 0 saturated carbocycles. The quantitative estimate of drug-likeness (QED) is 0.728. The van der Waals surface area contributed by atoms with Gasteiger partial charge in [-0.2, -0.15) is 13.2 Å². The monoisotopic (exact) mass is 375 g/mol. The third kappa shape index (κ3) is 3.14. The second-order valence-corrected chi connectivity index (χ2v) is 7.09. The Morgan fingerprint density at radius 2 is 2.00 bits per heavy atom. The van der Waals surface area contributed by atoms with E-state index >= 15 is 0 Å². The summed E-state index contributed by atoms with van der Waals surface area (Å²) in [6.45, 7) is 2.78. The zero-order valence-corrected chi connectivity index (χ0v) is 14.5. The van der Waals surface area contributed by atoms with E-state index in [0.717, 1.165) is 21.9 Å². The van der Waals surface area contributed by atoms with Crippen molar-refractivity contribution in [1.29, 1.82) is 0 Å². The molecular weight excluding hydrogens is 354 g/mol. The van der Waals surface area contributed by atoms with Gasteiger partial charge >= 0.3 is 6.18 Å². The lowest BCUT2D eigenvalue weighted by atomic mass is 9.94. The molecule has 2 aliphatic heterocycles. The SMILES string of the molecule is C[C@H]1CN(C(=O)[C@@](C)(O)C(F)(F)F)CC2=C1N(C1=CC=C(F)CC1)NC2. The summed E-state index contributed by atoms with van der Waals surface area (Å²) < 4.78 is 52.1. The van der Waals surface area contributed by atoms with Crippen LogP contribution >= 0.6 is 0 Å². The highest BCUT2D eigenvalue weighted by Gasteiger charge is 2.57. The van der Waals surface area contributed by atoms with Crippen LogP contribution in [0.2, 0.25) is 0 Å². The highest BCUT2D eigenvalue weighted by atomic mass is 19.4. The Bertz CT molecular complexity index is 709. The van der Waals surface area contributed by atoms with Crippen molar-refractivity contribution in [2.24, 2.45) is 5.92 Å². The number of hydrogen-bond acceptors (Lipinski definition) is 4. The van der Waals surface area contributed by atoms with Gasteiger partial charge in [-0.05, 0) is 31.1 Å². The number of hydrazine groups is 1. The first kappa shape index (κ1) is 18.9. The molecule has 0 aromatic rings. The lowest BCUT2D eigenvalue weighted by molar-refractivity contribution is -0.250. The van der Waals surface area contributed by atoms with Crippen LogP contribution < -0.4 is 5.43 Å². The summed E-state index contributed by atoms with van der Waals surface area (Å²) in [5.41, 5.74) is 2.33. The summed E-state index contributed by atoms with van der Waals surface area (Å²) in [7, 11) is 0. The number of carbonyl (C=O) groups is 1. The van der Waals surface area contributed by atoms with Crippen LogP contribution in [0.5, 0.6) is 0 Å². The predicted octanol–water partition coefficient (Wildman–Crippen LogP) is 2.38. The molecule has 2 atom stereocenters. The first-order valence-corrected chi connectivity index (χ1v) is 8.41. The number of allylic oxidation sites excluding steroid dienone is 4. The zero-order valence-electron chi connectivity index (χ0n) is 14.5. The highest BCUT2D eigenvalue weighted by Crippen LogP contribution is 2.37. The van der Waals surface area contributed by atoms with Gasteiger partial charge in [-0.15, -0.1) is 0 Å². The van der Waals surface area contributed by atoms with Gasteiger partial charge in [-0.3, -0.25) is 9.80 Å². The van der Waals surface area contributed by atoms with Crippen LogP contribution in [0.1, 0.15) is 26.7 Å². The Balaban J connectivity index is 1.82. The summed E-state index contributed by atoms with van der Waals surface area (Å²) in [5.74, 6) is -1.76. The fourth-order valence-corrected chi connectivity index (χ4v) is 3.55. The number of alkyl halides is 3. The van der Waals surface area contributed by atoms with Crippen LogP contribution in [0.25, 0.3) is 0 Å².